The SMILES string of the molecule is Cc1ccc(/C=C/C(=O)Nc2cccc(F)c2)cc1N. The third-order valence-electron chi connectivity index (χ3n) is 2.82. The number of nitrogens with one attached hydrogen (secondary N) is 1. The van der Waals surface area contributed by atoms with Gasteiger partial charge in [0.05, 0.1) is 0 Å². The summed E-state index contributed by atoms with van der Waals surface area (Å²) in [6.45, 7) is 1.92. The summed E-state index contributed by atoms with van der Waals surface area (Å²) < 4.78 is 13.0. The van der Waals surface area contributed by atoms with Crippen LogP contribution >= 0.6 is 0 Å². The van der Waals surface area contributed by atoms with Crippen molar-refractivity contribution >= 4 is 23.4 Å². The number of nitrogens with two attached hydrogens (primary N) is 1. The molecular weight excluding hydrogens is 255 g/mol. The quantitative estimate of drug-likeness (QED) is 0.663. The van der Waals surface area contributed by atoms with E-state index < -0.39 is 5.82 Å². The molecule has 102 valence electrons. The Labute approximate surface area is 116 Å². The number of aryl methyl sites for hydroxylation is 1. The first-order valence-electron chi connectivity index (χ1n) is 6.15. The summed E-state index contributed by atoms with van der Waals surface area (Å²) in [6, 6.07) is 11.3. The van der Waals surface area contributed by atoms with Gasteiger partial charge in [0.2, 0.25) is 5.91 Å². The van der Waals surface area contributed by atoms with Crippen molar-refractivity contribution in [2.24, 2.45) is 0 Å². The fourth-order valence-electron chi connectivity index (χ4n) is 1.68. The molecule has 0 heterocycles. The zero-order chi connectivity index (χ0) is 14.5. The van der Waals surface area contributed by atoms with Crippen molar-refractivity contribution in [1.82, 2.24) is 0 Å². The Kier molecular flexibility index (Phi) is 4.15. The molecule has 2 aromatic rings. The molecule has 3 nitrogen and oxygen atoms in total. The van der Waals surface area contributed by atoms with Crippen LogP contribution in [-0.2, 0) is 4.79 Å². The van der Waals surface area contributed by atoms with Gasteiger partial charge in [0.15, 0.2) is 0 Å². The van der Waals surface area contributed by atoms with Gasteiger partial charge in [-0.15, -0.1) is 0 Å². The van der Waals surface area contributed by atoms with Gasteiger partial charge in [0.25, 0.3) is 0 Å². The van der Waals surface area contributed by atoms with Crippen molar-refractivity contribution in [3.8, 4) is 0 Å². The van der Waals surface area contributed by atoms with Crippen LogP contribution in [0.3, 0.4) is 0 Å². The van der Waals surface area contributed by atoms with Crippen molar-refractivity contribution in [2.75, 3.05) is 11.1 Å². The second-order valence-corrected chi connectivity index (χ2v) is 4.45. The fourth-order valence-corrected chi connectivity index (χ4v) is 1.68. The van der Waals surface area contributed by atoms with E-state index >= 15 is 0 Å². The number of nitrogen functional groups attached to an aromatic ring is 1. The van der Waals surface area contributed by atoms with Crippen molar-refractivity contribution < 1.29 is 9.18 Å². The maximum Gasteiger partial charge on any atom is 0.248 e. The smallest absolute Gasteiger partial charge is 0.248 e. The van der Waals surface area contributed by atoms with Gasteiger partial charge in [-0.2, -0.15) is 0 Å². The number of halogens is 1. The van der Waals surface area contributed by atoms with E-state index in [9.17, 15) is 9.18 Å². The maximum absolute atomic E-state index is 13.0. The molecule has 2 rings (SSSR count). The van der Waals surface area contributed by atoms with Crippen LogP contribution in [0.5, 0.6) is 0 Å². The lowest BCUT2D eigenvalue weighted by atomic mass is 10.1. The van der Waals surface area contributed by atoms with Gasteiger partial charge < -0.3 is 11.1 Å². The number of benzene rings is 2. The van der Waals surface area contributed by atoms with Crippen LogP contribution in [0.1, 0.15) is 11.1 Å². The molecule has 3 N–H and O–H groups in total. The van der Waals surface area contributed by atoms with E-state index in [1.54, 1.807) is 18.2 Å². The molecule has 2 aromatic carbocycles. The molecule has 0 radical (unpaired) electrons. The summed E-state index contributed by atoms with van der Waals surface area (Å²) in [5.41, 5.74) is 8.72. The number of carbonyl (C=O) groups is 1. The molecule has 4 heteroatoms. The monoisotopic (exact) mass is 270 g/mol. The van der Waals surface area contributed by atoms with Crippen LogP contribution in [0.25, 0.3) is 6.08 Å². The minimum absolute atomic E-state index is 0.324. The Balaban J connectivity index is 2.03. The predicted molar refractivity (Wildman–Crippen MR) is 79.7 cm³/mol. The van der Waals surface area contributed by atoms with Crippen LogP contribution in [0.4, 0.5) is 15.8 Å². The third kappa shape index (κ3) is 3.68. The number of carbonyl (C=O) groups excluding carboxylic acids is 1. The molecule has 0 atom stereocenters. The highest BCUT2D eigenvalue weighted by Gasteiger charge is 1.99. The van der Waals surface area contributed by atoms with Crippen LogP contribution < -0.4 is 11.1 Å². The molecule has 0 saturated heterocycles. The molecule has 0 fully saturated rings. The van der Waals surface area contributed by atoms with E-state index in [1.165, 1.54) is 24.3 Å². The van der Waals surface area contributed by atoms with E-state index in [4.69, 9.17) is 5.73 Å². The van der Waals surface area contributed by atoms with Gasteiger partial charge in [-0.05, 0) is 48.4 Å². The molecule has 0 bridgehead atoms. The van der Waals surface area contributed by atoms with Crippen LogP contribution in [0, 0.1) is 12.7 Å². The van der Waals surface area contributed by atoms with Gasteiger partial charge in [-0.3, -0.25) is 4.79 Å². The lowest BCUT2D eigenvalue weighted by Crippen LogP contribution is -2.07. The predicted octanol–water partition coefficient (Wildman–Crippen LogP) is 3.37. The molecule has 0 aliphatic heterocycles. The summed E-state index contributed by atoms with van der Waals surface area (Å²) in [5.74, 6) is -0.715. The summed E-state index contributed by atoms with van der Waals surface area (Å²) in [6.07, 6.45) is 3.04. The van der Waals surface area contributed by atoms with E-state index in [2.05, 4.69) is 5.32 Å². The number of rotatable bonds is 3. The number of amides is 1. The normalized spacial score (nSPS) is 10.7. The first kappa shape index (κ1) is 13.8. The van der Waals surface area contributed by atoms with E-state index in [1.807, 2.05) is 19.1 Å². The number of hydrogen-bond donors (Lipinski definition) is 2. The molecule has 20 heavy (non-hydrogen) atoms. The Morgan fingerprint density at radius 1 is 1.25 bits per heavy atom. The highest BCUT2D eigenvalue weighted by Crippen LogP contribution is 2.14. The van der Waals surface area contributed by atoms with Gasteiger partial charge in [0.1, 0.15) is 5.82 Å². The zero-order valence-electron chi connectivity index (χ0n) is 11.1. The minimum atomic E-state index is -0.391. The van der Waals surface area contributed by atoms with Gasteiger partial charge in [-0.1, -0.05) is 18.2 Å². The van der Waals surface area contributed by atoms with Gasteiger partial charge >= 0.3 is 0 Å². The van der Waals surface area contributed by atoms with Gasteiger partial charge in [-0.25, -0.2) is 4.39 Å². The highest BCUT2D eigenvalue weighted by molar-refractivity contribution is 6.01. The molecule has 1 amide bonds. The molecule has 0 saturated carbocycles. The molecule has 0 aliphatic carbocycles. The second kappa shape index (κ2) is 6.02. The summed E-state index contributed by atoms with van der Waals surface area (Å²) in [7, 11) is 0. The standard InChI is InChI=1S/C16H15FN2O/c1-11-5-6-12(9-15(11)18)7-8-16(20)19-14-4-2-3-13(17)10-14/h2-10H,18H2,1H3,(H,19,20)/b8-7+. The van der Waals surface area contributed by atoms with Crippen molar-refractivity contribution in [1.29, 1.82) is 0 Å². The molecule has 0 aliphatic rings. The van der Waals surface area contributed by atoms with Crippen molar-refractivity contribution in [2.45, 2.75) is 6.92 Å². The van der Waals surface area contributed by atoms with Crippen molar-refractivity contribution in [3.63, 3.8) is 0 Å². The van der Waals surface area contributed by atoms with E-state index in [-0.39, 0.29) is 5.91 Å². The first-order chi connectivity index (χ1) is 9.54. The van der Waals surface area contributed by atoms with Crippen molar-refractivity contribution in [3.05, 3.63) is 65.5 Å². The van der Waals surface area contributed by atoms with Gasteiger partial charge in [0, 0.05) is 17.5 Å². The minimum Gasteiger partial charge on any atom is -0.398 e. The summed E-state index contributed by atoms with van der Waals surface area (Å²) >= 11 is 0. The Hall–Kier alpha value is -2.62. The van der Waals surface area contributed by atoms with E-state index in [0.29, 0.717) is 11.4 Å². The number of anilines is 2. The molecular formula is C16H15FN2O. The zero-order valence-corrected chi connectivity index (χ0v) is 11.1. The Morgan fingerprint density at radius 3 is 2.75 bits per heavy atom. The summed E-state index contributed by atoms with van der Waals surface area (Å²) in [4.78, 5) is 11.7. The third-order valence-corrected chi connectivity index (χ3v) is 2.82. The van der Waals surface area contributed by atoms with Crippen LogP contribution in [0.15, 0.2) is 48.5 Å². The lowest BCUT2D eigenvalue weighted by Gasteiger charge is -2.02. The highest BCUT2D eigenvalue weighted by atomic mass is 19.1. The largest absolute Gasteiger partial charge is 0.398 e. The van der Waals surface area contributed by atoms with Crippen LogP contribution in [0.2, 0.25) is 0 Å². The molecule has 0 aromatic heterocycles. The Bertz CT molecular complexity index is 665. The lowest BCUT2D eigenvalue weighted by molar-refractivity contribution is -0.111. The van der Waals surface area contributed by atoms with E-state index in [0.717, 1.165) is 11.1 Å². The van der Waals surface area contributed by atoms with Crippen LogP contribution in [-0.4, -0.2) is 5.91 Å². The maximum atomic E-state index is 13.0. The second-order valence-electron chi connectivity index (χ2n) is 4.45. The summed E-state index contributed by atoms with van der Waals surface area (Å²) in [5, 5.41) is 2.58. The topological polar surface area (TPSA) is 55.1 Å². The molecule has 0 spiro atoms. The Morgan fingerprint density at radius 2 is 2.05 bits per heavy atom. The number of hydrogen-bond acceptors (Lipinski definition) is 2. The average Bonchev–Trinajstić information content (AvgIpc) is 2.40. The molecule has 0 unspecified atom stereocenters. The fraction of sp³-hybridized carbons (Fsp3) is 0.0625. The first-order valence-corrected chi connectivity index (χ1v) is 6.15. The average molecular weight is 270 g/mol.